The van der Waals surface area contributed by atoms with E-state index in [-0.39, 0.29) is 66.2 Å². The molecule has 0 bridgehead atoms. The van der Waals surface area contributed by atoms with Gasteiger partial charge >= 0.3 is 30.0 Å². The number of hydrogen-bond acceptors (Lipinski definition) is 12. The Balaban J connectivity index is 0.000000436. The molecule has 1 heterocycles. The molecule has 0 aromatic carbocycles. The van der Waals surface area contributed by atoms with Crippen LogP contribution in [-0.4, -0.2) is 85.7 Å². The highest BCUT2D eigenvalue weighted by molar-refractivity contribution is 5.94. The SMILES string of the molecule is C.C=C(C)C(=O)OCOC(=O)CC1CCC(CC2CCC(NC(=O)N3CCCCCC3=O)CC2)CC1.C=C(C)C(=O)OCOC(=O)NCC1(C)CC(N=C=O)CC(C)(C)C1. The Hall–Kier alpha value is -4.52. The second kappa shape index (κ2) is 25.3. The third-order valence-electron chi connectivity index (χ3n) is 11.9. The van der Waals surface area contributed by atoms with Crippen LogP contribution in [0.2, 0.25) is 0 Å². The first kappa shape index (κ1) is 51.6. The fourth-order valence-electron chi connectivity index (χ4n) is 9.18. The molecular weight excluding hydrogens is 773 g/mol. The predicted octanol–water partition coefficient (Wildman–Crippen LogP) is 8.21. The van der Waals surface area contributed by atoms with E-state index in [1.807, 2.05) is 6.92 Å². The third kappa shape index (κ3) is 18.8. The number of imide groups is 1. The van der Waals surface area contributed by atoms with Crippen LogP contribution in [0.5, 0.6) is 0 Å². The van der Waals surface area contributed by atoms with Gasteiger partial charge in [-0.3, -0.25) is 14.5 Å². The van der Waals surface area contributed by atoms with Gasteiger partial charge in [-0.05, 0) is 119 Å². The average Bonchev–Trinajstić information content (AvgIpc) is 3.39. The van der Waals surface area contributed by atoms with Crippen LogP contribution in [0.1, 0.15) is 151 Å². The molecule has 4 rings (SSSR count). The molecule has 3 saturated carbocycles. The van der Waals surface area contributed by atoms with Gasteiger partial charge in [-0.15, -0.1) is 0 Å². The van der Waals surface area contributed by atoms with Crippen LogP contribution < -0.4 is 10.6 Å². The van der Waals surface area contributed by atoms with E-state index in [0.717, 1.165) is 83.5 Å². The maximum absolute atomic E-state index is 12.6. The summed E-state index contributed by atoms with van der Waals surface area (Å²) in [5.41, 5.74) is 0.320. The minimum atomic E-state index is -0.662. The number of amides is 4. The molecule has 0 radical (unpaired) electrons. The number of isocyanates is 1. The average molecular weight is 845 g/mol. The zero-order valence-corrected chi connectivity index (χ0v) is 36.0. The Labute approximate surface area is 357 Å². The van der Waals surface area contributed by atoms with Gasteiger partial charge in [0.25, 0.3) is 0 Å². The predicted molar refractivity (Wildman–Crippen MR) is 226 cm³/mol. The van der Waals surface area contributed by atoms with Crippen LogP contribution in [0, 0.1) is 28.6 Å². The molecule has 4 fully saturated rings. The van der Waals surface area contributed by atoms with E-state index in [2.05, 4.69) is 42.6 Å². The molecule has 338 valence electrons. The molecule has 0 spiro atoms. The molecule has 4 aliphatic rings. The highest BCUT2D eigenvalue weighted by atomic mass is 16.7. The lowest BCUT2D eigenvalue weighted by Crippen LogP contribution is -2.48. The van der Waals surface area contributed by atoms with Crippen LogP contribution >= 0.6 is 0 Å². The molecular formula is C45H72N4O11. The lowest BCUT2D eigenvalue weighted by atomic mass is 9.63. The molecule has 3 aliphatic carbocycles. The summed E-state index contributed by atoms with van der Waals surface area (Å²) in [4.78, 5) is 86.8. The topological polar surface area (TPSA) is 196 Å². The van der Waals surface area contributed by atoms with Crippen LogP contribution in [-0.2, 0) is 42.9 Å². The molecule has 0 aromatic rings. The molecule has 1 saturated heterocycles. The van der Waals surface area contributed by atoms with E-state index in [0.29, 0.717) is 50.1 Å². The first-order valence-corrected chi connectivity index (χ1v) is 21.3. The van der Waals surface area contributed by atoms with Crippen molar-refractivity contribution < 1.29 is 52.5 Å². The Kier molecular flexibility index (Phi) is 21.8. The number of nitrogens with one attached hydrogen (secondary N) is 2. The zero-order valence-electron chi connectivity index (χ0n) is 36.0. The second-order valence-corrected chi connectivity index (χ2v) is 18.2. The van der Waals surface area contributed by atoms with E-state index < -0.39 is 24.8 Å². The molecule has 15 nitrogen and oxygen atoms in total. The fourth-order valence-corrected chi connectivity index (χ4v) is 9.18. The van der Waals surface area contributed by atoms with Gasteiger partial charge in [0.1, 0.15) is 0 Å². The van der Waals surface area contributed by atoms with Crippen molar-refractivity contribution in [3.63, 3.8) is 0 Å². The molecule has 2 N–H and O–H groups in total. The molecule has 1 aliphatic heterocycles. The number of likely N-dealkylation sites (tertiary alicyclic amines) is 1. The van der Waals surface area contributed by atoms with Crippen LogP contribution in [0.25, 0.3) is 0 Å². The van der Waals surface area contributed by atoms with Gasteiger partial charge < -0.3 is 29.6 Å². The standard InChI is InChI=1S/C27H42N2O6.C17H26N2O5.CH4/c1-19(2)26(32)35-18-34-25(31)17-22-9-7-20(8-10-22)16-21-11-13-23(14-12-21)28-27(33)29-15-5-3-4-6-24(29)30;1-12(2)14(21)23-11-24-15(22)18-9-17(5)7-13(19-10-20)6-16(3,4)8-17;/h20-23H,1,3-18H2,2H3,(H,28,33);13H,1,6-9,11H2,2-5H3,(H,18,22);1H4. The number of alkyl carbamates (subject to hydrolysis) is 1. The van der Waals surface area contributed by atoms with Crippen LogP contribution in [0.3, 0.4) is 0 Å². The second-order valence-electron chi connectivity index (χ2n) is 18.2. The largest absolute Gasteiger partial charge is 0.428 e. The summed E-state index contributed by atoms with van der Waals surface area (Å²) in [5.74, 6) is 0.208. The number of urea groups is 1. The maximum Gasteiger partial charge on any atom is 0.410 e. The summed E-state index contributed by atoms with van der Waals surface area (Å²) in [7, 11) is 0. The van der Waals surface area contributed by atoms with Gasteiger partial charge in [0.2, 0.25) is 25.6 Å². The van der Waals surface area contributed by atoms with Gasteiger partial charge in [0, 0.05) is 43.1 Å². The number of carbonyl (C=O) groups is 6. The molecule has 0 aromatic heterocycles. The molecule has 15 heteroatoms. The summed E-state index contributed by atoms with van der Waals surface area (Å²) >= 11 is 0. The number of carbonyl (C=O) groups excluding carboxylic acids is 7. The monoisotopic (exact) mass is 845 g/mol. The normalized spacial score (nSPS) is 26.1. The van der Waals surface area contributed by atoms with Crippen molar-refractivity contribution >= 4 is 42.0 Å². The Morgan fingerprint density at radius 2 is 1.37 bits per heavy atom. The maximum atomic E-state index is 12.6. The molecule has 60 heavy (non-hydrogen) atoms. The van der Waals surface area contributed by atoms with E-state index in [9.17, 15) is 33.6 Å². The summed E-state index contributed by atoms with van der Waals surface area (Å²) in [6, 6.07) is -0.122. The Bertz CT molecular complexity index is 1540. The van der Waals surface area contributed by atoms with Crippen molar-refractivity contribution in [1.29, 1.82) is 0 Å². The minimum Gasteiger partial charge on any atom is -0.428 e. The minimum absolute atomic E-state index is 0. The van der Waals surface area contributed by atoms with Crippen molar-refractivity contribution in [3.05, 3.63) is 24.3 Å². The number of nitrogens with zero attached hydrogens (tertiary/aromatic N) is 2. The third-order valence-corrected chi connectivity index (χ3v) is 11.9. The van der Waals surface area contributed by atoms with Crippen molar-refractivity contribution in [2.24, 2.45) is 33.6 Å². The van der Waals surface area contributed by atoms with E-state index >= 15 is 0 Å². The fraction of sp³-hybridized carbons (Fsp3) is 0.756. The highest BCUT2D eigenvalue weighted by Crippen LogP contribution is 2.46. The lowest BCUT2D eigenvalue weighted by Gasteiger charge is -2.45. The van der Waals surface area contributed by atoms with Gasteiger partial charge in [-0.25, -0.2) is 29.0 Å². The van der Waals surface area contributed by atoms with E-state index in [1.54, 1.807) is 13.0 Å². The van der Waals surface area contributed by atoms with Gasteiger partial charge in [-0.1, -0.05) is 60.6 Å². The summed E-state index contributed by atoms with van der Waals surface area (Å²) in [6.45, 7) is 16.4. The van der Waals surface area contributed by atoms with Gasteiger partial charge in [0.15, 0.2) is 0 Å². The van der Waals surface area contributed by atoms with Crippen molar-refractivity contribution in [2.75, 3.05) is 26.7 Å². The Morgan fingerprint density at radius 1 is 0.800 bits per heavy atom. The smallest absolute Gasteiger partial charge is 0.410 e. The Morgan fingerprint density at radius 3 is 1.95 bits per heavy atom. The van der Waals surface area contributed by atoms with Crippen molar-refractivity contribution in [1.82, 2.24) is 15.5 Å². The number of ether oxygens (including phenoxy) is 4. The molecule has 2 unspecified atom stereocenters. The quantitative estimate of drug-likeness (QED) is 0.0562. The summed E-state index contributed by atoms with van der Waals surface area (Å²) in [6.07, 6.45) is 16.8. The zero-order chi connectivity index (χ0) is 43.6. The first-order valence-electron chi connectivity index (χ1n) is 21.3. The summed E-state index contributed by atoms with van der Waals surface area (Å²) in [5, 5.41) is 5.79. The number of aliphatic imine (C=N–C) groups is 1. The lowest BCUT2D eigenvalue weighted by molar-refractivity contribution is -0.165. The van der Waals surface area contributed by atoms with Crippen LogP contribution in [0.15, 0.2) is 29.3 Å². The first-order chi connectivity index (χ1) is 27.9. The van der Waals surface area contributed by atoms with Crippen molar-refractivity contribution in [2.45, 2.75) is 163 Å². The number of esters is 3. The number of hydrogen-bond donors (Lipinski definition) is 2. The molecule has 4 amide bonds. The number of rotatable bonds is 14. The van der Waals surface area contributed by atoms with Crippen molar-refractivity contribution in [3.8, 4) is 0 Å². The highest BCUT2D eigenvalue weighted by Gasteiger charge is 2.41. The van der Waals surface area contributed by atoms with E-state index in [1.165, 1.54) is 18.2 Å². The molecule has 2 atom stereocenters. The summed E-state index contributed by atoms with van der Waals surface area (Å²) < 4.78 is 19.3. The van der Waals surface area contributed by atoms with Gasteiger partial charge in [0.05, 0.1) is 6.04 Å². The van der Waals surface area contributed by atoms with E-state index in [4.69, 9.17) is 18.9 Å². The van der Waals surface area contributed by atoms with Gasteiger partial charge in [-0.2, -0.15) is 0 Å². The van der Waals surface area contributed by atoms with Crippen LogP contribution in [0.4, 0.5) is 9.59 Å².